The lowest BCUT2D eigenvalue weighted by Gasteiger charge is -2.29. The molecule has 21 heavy (non-hydrogen) atoms. The fraction of sp³-hybridized carbons (Fsp3) is 0.429. The zero-order valence-electron chi connectivity index (χ0n) is 12.0. The van der Waals surface area contributed by atoms with Crippen LogP contribution in [0.15, 0.2) is 17.8 Å². The minimum atomic E-state index is 0.404. The van der Waals surface area contributed by atoms with Crippen molar-refractivity contribution >= 4 is 27.4 Å². The lowest BCUT2D eigenvalue weighted by molar-refractivity contribution is 0.530. The largest absolute Gasteiger partial charge is 0.346 e. The van der Waals surface area contributed by atoms with Crippen LogP contribution in [0.2, 0.25) is 0 Å². The van der Waals surface area contributed by atoms with Crippen molar-refractivity contribution in [3.63, 3.8) is 0 Å². The molecule has 0 aliphatic carbocycles. The SMILES string of the molecule is CC(C)c1nnc2n1CCN(c1ncnc3ccsc13)C2. The van der Waals surface area contributed by atoms with Crippen LogP contribution in [-0.4, -0.2) is 31.3 Å². The van der Waals surface area contributed by atoms with Crippen molar-refractivity contribution in [1.29, 1.82) is 0 Å². The van der Waals surface area contributed by atoms with E-state index in [0.717, 1.165) is 47.3 Å². The van der Waals surface area contributed by atoms with Gasteiger partial charge in [0.15, 0.2) is 5.82 Å². The zero-order chi connectivity index (χ0) is 14.4. The summed E-state index contributed by atoms with van der Waals surface area (Å²) in [6.07, 6.45) is 1.64. The highest BCUT2D eigenvalue weighted by Crippen LogP contribution is 2.30. The van der Waals surface area contributed by atoms with Crippen molar-refractivity contribution in [1.82, 2.24) is 24.7 Å². The number of nitrogens with zero attached hydrogens (tertiary/aromatic N) is 6. The van der Waals surface area contributed by atoms with Gasteiger partial charge < -0.3 is 9.47 Å². The summed E-state index contributed by atoms with van der Waals surface area (Å²) >= 11 is 1.69. The van der Waals surface area contributed by atoms with E-state index < -0.39 is 0 Å². The van der Waals surface area contributed by atoms with Crippen molar-refractivity contribution in [3.05, 3.63) is 29.4 Å². The number of thiophene rings is 1. The van der Waals surface area contributed by atoms with Crippen LogP contribution in [0.4, 0.5) is 5.82 Å². The molecule has 0 radical (unpaired) electrons. The number of rotatable bonds is 2. The summed E-state index contributed by atoms with van der Waals surface area (Å²) in [6, 6.07) is 2.04. The lowest BCUT2D eigenvalue weighted by atomic mass is 10.2. The standard InChI is InChI=1S/C14H16N6S/c1-9(2)13-18-17-11-7-19(4-5-20(11)13)14-12-10(3-6-21-12)15-8-16-14/h3,6,8-9H,4-5,7H2,1-2H3. The average molecular weight is 300 g/mol. The van der Waals surface area contributed by atoms with Crippen molar-refractivity contribution in [2.45, 2.75) is 32.9 Å². The maximum absolute atomic E-state index is 4.49. The Labute approximate surface area is 126 Å². The summed E-state index contributed by atoms with van der Waals surface area (Å²) in [7, 11) is 0. The van der Waals surface area contributed by atoms with Crippen molar-refractivity contribution < 1.29 is 0 Å². The lowest BCUT2D eigenvalue weighted by Crippen LogP contribution is -2.35. The summed E-state index contributed by atoms with van der Waals surface area (Å²) in [4.78, 5) is 11.1. The smallest absolute Gasteiger partial charge is 0.152 e. The molecule has 0 bridgehead atoms. The Bertz CT molecular complexity index is 790. The molecule has 0 atom stereocenters. The predicted molar refractivity (Wildman–Crippen MR) is 82.6 cm³/mol. The first-order chi connectivity index (χ1) is 10.2. The first-order valence-electron chi connectivity index (χ1n) is 7.09. The maximum atomic E-state index is 4.49. The van der Waals surface area contributed by atoms with Crippen LogP contribution in [0.1, 0.15) is 31.4 Å². The normalized spacial score (nSPS) is 14.9. The number of aromatic nitrogens is 5. The molecule has 0 unspecified atom stereocenters. The summed E-state index contributed by atoms with van der Waals surface area (Å²) in [5, 5.41) is 10.7. The van der Waals surface area contributed by atoms with Gasteiger partial charge in [0, 0.05) is 19.0 Å². The summed E-state index contributed by atoms with van der Waals surface area (Å²) in [5.41, 5.74) is 1.01. The second-order valence-corrected chi connectivity index (χ2v) is 6.45. The Hall–Kier alpha value is -2.02. The topological polar surface area (TPSA) is 59.7 Å². The van der Waals surface area contributed by atoms with Crippen LogP contribution in [0.3, 0.4) is 0 Å². The predicted octanol–water partition coefficient (Wildman–Crippen LogP) is 2.43. The molecule has 3 aromatic rings. The van der Waals surface area contributed by atoms with Gasteiger partial charge in [-0.15, -0.1) is 21.5 Å². The van der Waals surface area contributed by atoms with Crippen molar-refractivity contribution in [2.75, 3.05) is 11.4 Å². The number of hydrogen-bond acceptors (Lipinski definition) is 6. The van der Waals surface area contributed by atoms with Crippen molar-refractivity contribution in [3.8, 4) is 0 Å². The highest BCUT2D eigenvalue weighted by molar-refractivity contribution is 7.17. The Morgan fingerprint density at radius 3 is 2.95 bits per heavy atom. The molecule has 4 heterocycles. The molecule has 1 aliphatic heterocycles. The van der Waals surface area contributed by atoms with Crippen molar-refractivity contribution in [2.24, 2.45) is 0 Å². The summed E-state index contributed by atoms with van der Waals surface area (Å²) in [6.45, 7) is 6.90. The number of anilines is 1. The minimum Gasteiger partial charge on any atom is -0.346 e. The van der Waals surface area contributed by atoms with Crippen LogP contribution in [0.25, 0.3) is 10.2 Å². The van der Waals surface area contributed by atoms with E-state index in [1.54, 1.807) is 17.7 Å². The molecular weight excluding hydrogens is 284 g/mol. The second-order valence-electron chi connectivity index (χ2n) is 5.53. The molecule has 6 nitrogen and oxygen atoms in total. The third kappa shape index (κ3) is 1.99. The number of fused-ring (bicyclic) bond motifs is 2. The Kier molecular flexibility index (Phi) is 2.88. The van der Waals surface area contributed by atoms with Gasteiger partial charge in [-0.1, -0.05) is 13.8 Å². The molecular formula is C14H16N6S. The van der Waals surface area contributed by atoms with Crippen LogP contribution < -0.4 is 4.90 Å². The highest BCUT2D eigenvalue weighted by atomic mass is 32.1. The van der Waals surface area contributed by atoms with Crippen LogP contribution in [0, 0.1) is 0 Å². The van der Waals surface area contributed by atoms with Crippen LogP contribution in [0.5, 0.6) is 0 Å². The van der Waals surface area contributed by atoms with E-state index in [9.17, 15) is 0 Å². The first kappa shape index (κ1) is 12.7. The van der Waals surface area contributed by atoms with Crippen LogP contribution >= 0.6 is 11.3 Å². The van der Waals surface area contributed by atoms with E-state index in [1.165, 1.54) is 0 Å². The first-order valence-corrected chi connectivity index (χ1v) is 7.97. The second kappa shape index (κ2) is 4.77. The van der Waals surface area contributed by atoms with Gasteiger partial charge in [-0.2, -0.15) is 0 Å². The zero-order valence-corrected chi connectivity index (χ0v) is 12.8. The van der Waals surface area contributed by atoms with Gasteiger partial charge in [0.2, 0.25) is 0 Å². The fourth-order valence-corrected chi connectivity index (χ4v) is 3.65. The van der Waals surface area contributed by atoms with Gasteiger partial charge in [-0.05, 0) is 11.4 Å². The molecule has 3 aromatic heterocycles. The third-order valence-electron chi connectivity index (χ3n) is 3.82. The molecule has 0 saturated carbocycles. The molecule has 0 aromatic carbocycles. The molecule has 0 spiro atoms. The van der Waals surface area contributed by atoms with E-state index in [2.05, 4.69) is 48.9 Å². The van der Waals surface area contributed by atoms with Gasteiger partial charge in [-0.25, -0.2) is 9.97 Å². The third-order valence-corrected chi connectivity index (χ3v) is 4.72. The highest BCUT2D eigenvalue weighted by Gasteiger charge is 2.24. The Morgan fingerprint density at radius 2 is 2.10 bits per heavy atom. The van der Waals surface area contributed by atoms with E-state index in [4.69, 9.17) is 0 Å². The van der Waals surface area contributed by atoms with E-state index in [-0.39, 0.29) is 0 Å². The van der Waals surface area contributed by atoms with E-state index >= 15 is 0 Å². The molecule has 0 N–H and O–H groups in total. The van der Waals surface area contributed by atoms with Gasteiger partial charge in [0.05, 0.1) is 16.8 Å². The van der Waals surface area contributed by atoms with E-state index in [0.29, 0.717) is 5.92 Å². The maximum Gasteiger partial charge on any atom is 0.152 e. The Morgan fingerprint density at radius 1 is 1.19 bits per heavy atom. The van der Waals surface area contributed by atoms with E-state index in [1.807, 2.05) is 6.07 Å². The molecule has 108 valence electrons. The molecule has 0 fully saturated rings. The molecule has 7 heteroatoms. The molecule has 0 saturated heterocycles. The summed E-state index contributed by atoms with van der Waals surface area (Å²) < 4.78 is 3.39. The molecule has 4 rings (SSSR count). The monoisotopic (exact) mass is 300 g/mol. The summed E-state index contributed by atoms with van der Waals surface area (Å²) in [5.74, 6) is 3.51. The minimum absolute atomic E-state index is 0.404. The van der Waals surface area contributed by atoms with Gasteiger partial charge in [0.25, 0.3) is 0 Å². The van der Waals surface area contributed by atoms with Gasteiger partial charge in [0.1, 0.15) is 18.0 Å². The van der Waals surface area contributed by atoms with Gasteiger partial charge >= 0.3 is 0 Å². The van der Waals surface area contributed by atoms with Crippen LogP contribution in [-0.2, 0) is 13.1 Å². The Balaban J connectivity index is 1.71. The number of hydrogen-bond donors (Lipinski definition) is 0. The average Bonchev–Trinajstić information content (AvgIpc) is 3.12. The molecule has 1 aliphatic rings. The quantitative estimate of drug-likeness (QED) is 0.727. The molecule has 0 amide bonds. The fourth-order valence-electron chi connectivity index (χ4n) is 2.79. The van der Waals surface area contributed by atoms with Gasteiger partial charge in [-0.3, -0.25) is 0 Å².